The first kappa shape index (κ1) is 11.7. The first-order valence-corrected chi connectivity index (χ1v) is 6.47. The van der Waals surface area contributed by atoms with Gasteiger partial charge in [0.05, 0.1) is 0 Å². The molecule has 0 saturated heterocycles. The normalized spacial score (nSPS) is 18.1. The minimum absolute atomic E-state index is 0.215. The van der Waals surface area contributed by atoms with Gasteiger partial charge in [0.15, 0.2) is 0 Å². The Morgan fingerprint density at radius 1 is 1.12 bits per heavy atom. The molecule has 0 bridgehead atoms. The Kier molecular flexibility index (Phi) is 3.65. The van der Waals surface area contributed by atoms with Gasteiger partial charge in [-0.1, -0.05) is 44.0 Å². The number of rotatable bonds is 5. The molecule has 0 spiro atoms. The van der Waals surface area contributed by atoms with Crippen molar-refractivity contribution in [3.05, 3.63) is 35.4 Å². The second kappa shape index (κ2) is 5.01. The molecule has 0 atom stereocenters. The number of benzene rings is 1. The molecule has 1 aromatic carbocycles. The van der Waals surface area contributed by atoms with E-state index >= 15 is 0 Å². The maximum Gasteiger partial charge on any atom is 0.0490 e. The molecule has 1 nitrogen and oxygen atoms in total. The zero-order valence-electron chi connectivity index (χ0n) is 10.2. The lowest BCUT2D eigenvalue weighted by molar-refractivity contribution is 0.0450. The Morgan fingerprint density at radius 2 is 1.75 bits per heavy atom. The molecule has 1 saturated carbocycles. The van der Waals surface area contributed by atoms with Crippen LogP contribution in [-0.2, 0) is 12.8 Å². The van der Waals surface area contributed by atoms with Crippen molar-refractivity contribution in [1.82, 2.24) is 0 Å². The highest BCUT2D eigenvalue weighted by molar-refractivity contribution is 5.24. The summed E-state index contributed by atoms with van der Waals surface area (Å²) in [6, 6.07) is 8.95. The summed E-state index contributed by atoms with van der Waals surface area (Å²) >= 11 is 0. The standard InChI is InChI=1S/C15H22O/c1-2-4-13-5-7-14(8-6-13)11-15(12-16)9-3-10-15/h5-8,16H,2-4,9-12H2,1H3. The van der Waals surface area contributed by atoms with Crippen molar-refractivity contribution in [2.45, 2.75) is 45.4 Å². The summed E-state index contributed by atoms with van der Waals surface area (Å²) in [5, 5.41) is 9.44. The second-order valence-corrected chi connectivity index (χ2v) is 5.25. The van der Waals surface area contributed by atoms with Gasteiger partial charge in [-0.3, -0.25) is 0 Å². The first-order valence-electron chi connectivity index (χ1n) is 6.47. The summed E-state index contributed by atoms with van der Waals surface area (Å²) < 4.78 is 0. The third-order valence-electron chi connectivity index (χ3n) is 3.89. The molecule has 0 heterocycles. The van der Waals surface area contributed by atoms with Gasteiger partial charge in [0.25, 0.3) is 0 Å². The smallest absolute Gasteiger partial charge is 0.0490 e. The van der Waals surface area contributed by atoms with Gasteiger partial charge in [0.2, 0.25) is 0 Å². The van der Waals surface area contributed by atoms with Crippen molar-refractivity contribution in [2.75, 3.05) is 6.61 Å². The van der Waals surface area contributed by atoms with E-state index < -0.39 is 0 Å². The van der Waals surface area contributed by atoms with E-state index in [-0.39, 0.29) is 5.41 Å². The summed E-state index contributed by atoms with van der Waals surface area (Å²) in [6.07, 6.45) is 7.11. The van der Waals surface area contributed by atoms with Crippen molar-refractivity contribution >= 4 is 0 Å². The molecule has 1 N–H and O–H groups in total. The van der Waals surface area contributed by atoms with Crippen molar-refractivity contribution in [3.8, 4) is 0 Å². The lowest BCUT2D eigenvalue weighted by Crippen LogP contribution is -2.35. The number of aliphatic hydroxyl groups is 1. The van der Waals surface area contributed by atoms with E-state index in [4.69, 9.17) is 0 Å². The van der Waals surface area contributed by atoms with Gasteiger partial charge in [-0.25, -0.2) is 0 Å². The van der Waals surface area contributed by atoms with E-state index in [1.54, 1.807) is 0 Å². The monoisotopic (exact) mass is 218 g/mol. The van der Waals surface area contributed by atoms with Crippen LogP contribution in [-0.4, -0.2) is 11.7 Å². The molecule has 88 valence electrons. The maximum atomic E-state index is 9.44. The molecule has 2 rings (SSSR count). The van der Waals surface area contributed by atoms with Gasteiger partial charge in [-0.05, 0) is 42.2 Å². The molecule has 1 aromatic rings. The van der Waals surface area contributed by atoms with E-state index in [2.05, 4.69) is 31.2 Å². The van der Waals surface area contributed by atoms with E-state index in [0.717, 1.165) is 6.42 Å². The minimum Gasteiger partial charge on any atom is -0.396 e. The van der Waals surface area contributed by atoms with Crippen LogP contribution in [0, 0.1) is 5.41 Å². The van der Waals surface area contributed by atoms with Crippen LogP contribution in [0.2, 0.25) is 0 Å². The maximum absolute atomic E-state index is 9.44. The summed E-state index contributed by atoms with van der Waals surface area (Å²) in [4.78, 5) is 0. The highest BCUT2D eigenvalue weighted by atomic mass is 16.3. The lowest BCUT2D eigenvalue weighted by atomic mass is 9.66. The van der Waals surface area contributed by atoms with Crippen LogP contribution < -0.4 is 0 Å². The third kappa shape index (κ3) is 2.46. The van der Waals surface area contributed by atoms with E-state index in [9.17, 15) is 5.11 Å². The van der Waals surface area contributed by atoms with Crippen molar-refractivity contribution in [3.63, 3.8) is 0 Å². The van der Waals surface area contributed by atoms with Crippen molar-refractivity contribution < 1.29 is 5.11 Å². The lowest BCUT2D eigenvalue weighted by Gasteiger charge is -2.40. The molecule has 16 heavy (non-hydrogen) atoms. The quantitative estimate of drug-likeness (QED) is 0.803. The van der Waals surface area contributed by atoms with E-state index in [1.807, 2.05) is 0 Å². The van der Waals surface area contributed by atoms with Gasteiger partial charge >= 0.3 is 0 Å². The number of hydrogen-bond donors (Lipinski definition) is 1. The Labute approximate surface area is 98.5 Å². The van der Waals surface area contributed by atoms with Crippen LogP contribution >= 0.6 is 0 Å². The molecule has 0 unspecified atom stereocenters. The summed E-state index contributed by atoms with van der Waals surface area (Å²) in [6.45, 7) is 2.56. The fourth-order valence-electron chi connectivity index (χ4n) is 2.61. The average molecular weight is 218 g/mol. The molecule has 0 amide bonds. The summed E-state index contributed by atoms with van der Waals surface area (Å²) in [5.74, 6) is 0. The zero-order valence-corrected chi connectivity index (χ0v) is 10.2. The van der Waals surface area contributed by atoms with E-state index in [0.29, 0.717) is 6.61 Å². The SMILES string of the molecule is CCCc1ccc(CC2(CO)CCC2)cc1. The number of aryl methyl sites for hydroxylation is 1. The molecule has 0 aliphatic heterocycles. The Bertz CT molecular complexity index is 316. The summed E-state index contributed by atoms with van der Waals surface area (Å²) in [7, 11) is 0. The van der Waals surface area contributed by atoms with Crippen LogP contribution in [0.5, 0.6) is 0 Å². The number of aliphatic hydroxyl groups excluding tert-OH is 1. The molecular weight excluding hydrogens is 196 g/mol. The van der Waals surface area contributed by atoms with Gasteiger partial charge in [0.1, 0.15) is 0 Å². The topological polar surface area (TPSA) is 20.2 Å². The zero-order chi connectivity index (χ0) is 11.4. The fraction of sp³-hybridized carbons (Fsp3) is 0.600. The average Bonchev–Trinajstić information content (AvgIpc) is 2.26. The largest absolute Gasteiger partial charge is 0.396 e. The van der Waals surface area contributed by atoms with Gasteiger partial charge in [-0.15, -0.1) is 0 Å². The van der Waals surface area contributed by atoms with Gasteiger partial charge in [0, 0.05) is 6.61 Å². The number of hydrogen-bond acceptors (Lipinski definition) is 1. The van der Waals surface area contributed by atoms with Crippen molar-refractivity contribution in [1.29, 1.82) is 0 Å². The van der Waals surface area contributed by atoms with Crippen LogP contribution in [0.15, 0.2) is 24.3 Å². The molecule has 0 aromatic heterocycles. The molecule has 1 aliphatic rings. The van der Waals surface area contributed by atoms with Gasteiger partial charge < -0.3 is 5.11 Å². The predicted octanol–water partition coefficient (Wildman–Crippen LogP) is 3.34. The van der Waals surface area contributed by atoms with Crippen LogP contribution in [0.1, 0.15) is 43.7 Å². The highest BCUT2D eigenvalue weighted by Gasteiger charge is 2.36. The van der Waals surface area contributed by atoms with E-state index in [1.165, 1.54) is 43.2 Å². The fourth-order valence-corrected chi connectivity index (χ4v) is 2.61. The Balaban J connectivity index is 1.99. The summed E-state index contributed by atoms with van der Waals surface area (Å²) in [5.41, 5.74) is 3.03. The second-order valence-electron chi connectivity index (χ2n) is 5.25. The van der Waals surface area contributed by atoms with Crippen LogP contribution in [0.4, 0.5) is 0 Å². The molecular formula is C15H22O. The Morgan fingerprint density at radius 3 is 2.19 bits per heavy atom. The predicted molar refractivity (Wildman–Crippen MR) is 67.5 cm³/mol. The van der Waals surface area contributed by atoms with Crippen LogP contribution in [0.3, 0.4) is 0 Å². The molecule has 0 radical (unpaired) electrons. The molecule has 1 aliphatic carbocycles. The first-order chi connectivity index (χ1) is 7.78. The van der Waals surface area contributed by atoms with Gasteiger partial charge in [-0.2, -0.15) is 0 Å². The highest BCUT2D eigenvalue weighted by Crippen LogP contribution is 2.43. The Hall–Kier alpha value is -0.820. The van der Waals surface area contributed by atoms with Crippen LogP contribution in [0.25, 0.3) is 0 Å². The molecule has 1 heteroatoms. The third-order valence-corrected chi connectivity index (χ3v) is 3.89. The van der Waals surface area contributed by atoms with Crippen molar-refractivity contribution in [2.24, 2.45) is 5.41 Å². The minimum atomic E-state index is 0.215. The molecule has 1 fully saturated rings.